The second kappa shape index (κ2) is 4.67. The van der Waals surface area contributed by atoms with Crippen LogP contribution in [0.25, 0.3) is 0 Å². The number of rotatable bonds is 4. The van der Waals surface area contributed by atoms with Crippen molar-refractivity contribution in [2.24, 2.45) is 5.92 Å². The summed E-state index contributed by atoms with van der Waals surface area (Å²) in [5, 5.41) is 3.59. The summed E-state index contributed by atoms with van der Waals surface area (Å²) in [4.78, 5) is 0. The van der Waals surface area contributed by atoms with Gasteiger partial charge in [-0.3, -0.25) is 0 Å². The number of para-hydroxylation sites is 1. The van der Waals surface area contributed by atoms with Crippen LogP contribution < -0.4 is 5.32 Å². The first-order valence-corrected chi connectivity index (χ1v) is 5.64. The van der Waals surface area contributed by atoms with Gasteiger partial charge >= 0.3 is 0 Å². The highest BCUT2D eigenvalue weighted by atomic mass is 16.5. The number of anilines is 1. The van der Waals surface area contributed by atoms with Crippen LogP contribution in [0.4, 0.5) is 5.69 Å². The number of ether oxygens (including phenoxy) is 1. The lowest BCUT2D eigenvalue weighted by molar-refractivity contribution is 0.176. The Balaban J connectivity index is 1.94. The Morgan fingerprint density at radius 2 is 2.27 bits per heavy atom. The molecule has 0 aliphatic carbocycles. The Kier molecular flexibility index (Phi) is 3.27. The van der Waals surface area contributed by atoms with E-state index >= 15 is 0 Å². The molecule has 0 amide bonds. The minimum absolute atomic E-state index is 0.581. The molecule has 2 unspecified atom stereocenters. The highest BCUT2D eigenvalue weighted by Crippen LogP contribution is 2.29. The first-order valence-electron chi connectivity index (χ1n) is 5.64. The predicted octanol–water partition coefficient (Wildman–Crippen LogP) is 2.70. The zero-order valence-corrected chi connectivity index (χ0v) is 9.49. The molecule has 0 aromatic heterocycles. The maximum Gasteiger partial charge on any atom is 0.0465 e. The fraction of sp³-hybridized carbons (Fsp3) is 0.538. The predicted molar refractivity (Wildman–Crippen MR) is 63.2 cm³/mol. The Morgan fingerprint density at radius 1 is 1.47 bits per heavy atom. The Hall–Kier alpha value is -1.02. The zero-order chi connectivity index (χ0) is 10.7. The highest BCUT2D eigenvalue weighted by molar-refractivity contribution is 5.56. The number of benzene rings is 1. The van der Waals surface area contributed by atoms with Crippen molar-refractivity contribution in [1.82, 2.24) is 0 Å². The van der Waals surface area contributed by atoms with Gasteiger partial charge in [-0.2, -0.15) is 0 Å². The van der Waals surface area contributed by atoms with Crippen molar-refractivity contribution < 1.29 is 4.74 Å². The third kappa shape index (κ3) is 2.32. The Labute approximate surface area is 91.6 Å². The van der Waals surface area contributed by atoms with Gasteiger partial charge in [0.05, 0.1) is 0 Å². The summed E-state index contributed by atoms with van der Waals surface area (Å²) in [5.41, 5.74) is 2.76. The third-order valence-corrected chi connectivity index (χ3v) is 3.26. The molecule has 1 aliphatic heterocycles. The molecular formula is C13H19NO. The van der Waals surface area contributed by atoms with E-state index in [2.05, 4.69) is 36.5 Å². The van der Waals surface area contributed by atoms with Gasteiger partial charge < -0.3 is 10.1 Å². The van der Waals surface area contributed by atoms with E-state index in [-0.39, 0.29) is 0 Å². The van der Waals surface area contributed by atoms with Crippen LogP contribution in [-0.4, -0.2) is 19.8 Å². The number of fused-ring (bicyclic) bond motifs is 1. The van der Waals surface area contributed by atoms with E-state index in [1.54, 1.807) is 7.11 Å². The lowest BCUT2D eigenvalue weighted by atomic mass is 9.96. The van der Waals surface area contributed by atoms with E-state index in [0.717, 1.165) is 19.4 Å². The quantitative estimate of drug-likeness (QED) is 0.816. The molecule has 15 heavy (non-hydrogen) atoms. The molecule has 2 rings (SSSR count). The molecule has 0 saturated heterocycles. The maximum absolute atomic E-state index is 5.12. The topological polar surface area (TPSA) is 21.3 Å². The molecule has 1 heterocycles. The number of hydrogen-bond acceptors (Lipinski definition) is 2. The van der Waals surface area contributed by atoms with Crippen LogP contribution in [0.1, 0.15) is 18.9 Å². The number of hydrogen-bond donors (Lipinski definition) is 1. The van der Waals surface area contributed by atoms with Crippen molar-refractivity contribution in [2.45, 2.75) is 25.8 Å². The smallest absolute Gasteiger partial charge is 0.0465 e. The van der Waals surface area contributed by atoms with Gasteiger partial charge in [-0.15, -0.1) is 0 Å². The van der Waals surface area contributed by atoms with Gasteiger partial charge in [0.25, 0.3) is 0 Å². The summed E-state index contributed by atoms with van der Waals surface area (Å²) in [6, 6.07) is 9.16. The van der Waals surface area contributed by atoms with Crippen LogP contribution in [0.2, 0.25) is 0 Å². The summed E-state index contributed by atoms with van der Waals surface area (Å²) in [6.45, 7) is 3.15. The summed E-state index contributed by atoms with van der Waals surface area (Å²) in [5.74, 6) is 0.664. The summed E-state index contributed by atoms with van der Waals surface area (Å²) < 4.78 is 5.12. The summed E-state index contributed by atoms with van der Waals surface area (Å²) in [7, 11) is 1.77. The second-order valence-corrected chi connectivity index (χ2v) is 4.37. The van der Waals surface area contributed by atoms with Crippen molar-refractivity contribution in [3.8, 4) is 0 Å². The van der Waals surface area contributed by atoms with Gasteiger partial charge in [0.15, 0.2) is 0 Å². The molecule has 0 bridgehead atoms. The van der Waals surface area contributed by atoms with E-state index in [1.165, 1.54) is 11.3 Å². The summed E-state index contributed by atoms with van der Waals surface area (Å²) in [6.07, 6.45) is 2.28. The standard InChI is InChI=1S/C13H19NO/c1-10(7-8-15-2)13-9-11-5-3-4-6-12(11)14-13/h3-6,10,13-14H,7-9H2,1-2H3. The van der Waals surface area contributed by atoms with Gasteiger partial charge in [0, 0.05) is 25.4 Å². The van der Waals surface area contributed by atoms with Gasteiger partial charge in [-0.1, -0.05) is 25.1 Å². The molecule has 1 aromatic carbocycles. The van der Waals surface area contributed by atoms with Crippen LogP contribution in [0.3, 0.4) is 0 Å². The van der Waals surface area contributed by atoms with E-state index in [4.69, 9.17) is 4.74 Å². The van der Waals surface area contributed by atoms with E-state index in [1.807, 2.05) is 0 Å². The van der Waals surface area contributed by atoms with Gasteiger partial charge in [-0.05, 0) is 30.4 Å². The molecule has 0 fully saturated rings. The average Bonchev–Trinajstić information content (AvgIpc) is 2.69. The lowest BCUT2D eigenvalue weighted by Crippen LogP contribution is -2.25. The van der Waals surface area contributed by atoms with Crippen molar-refractivity contribution >= 4 is 5.69 Å². The third-order valence-electron chi connectivity index (χ3n) is 3.26. The Morgan fingerprint density at radius 3 is 3.00 bits per heavy atom. The maximum atomic E-state index is 5.12. The zero-order valence-electron chi connectivity index (χ0n) is 9.49. The Bertz CT molecular complexity index is 299. The molecule has 0 radical (unpaired) electrons. The summed E-state index contributed by atoms with van der Waals surface area (Å²) >= 11 is 0. The van der Waals surface area contributed by atoms with Gasteiger partial charge in [0.2, 0.25) is 0 Å². The molecule has 1 aliphatic rings. The van der Waals surface area contributed by atoms with Crippen LogP contribution >= 0.6 is 0 Å². The first-order chi connectivity index (χ1) is 7.31. The van der Waals surface area contributed by atoms with Crippen LogP contribution in [0, 0.1) is 5.92 Å². The molecule has 82 valence electrons. The SMILES string of the molecule is COCCC(C)C1Cc2ccccc2N1. The average molecular weight is 205 g/mol. The van der Waals surface area contributed by atoms with Crippen LogP contribution in [-0.2, 0) is 11.2 Å². The fourth-order valence-electron chi connectivity index (χ4n) is 2.18. The fourth-order valence-corrected chi connectivity index (χ4v) is 2.18. The van der Waals surface area contributed by atoms with Crippen molar-refractivity contribution in [2.75, 3.05) is 19.0 Å². The van der Waals surface area contributed by atoms with Crippen molar-refractivity contribution in [3.05, 3.63) is 29.8 Å². The van der Waals surface area contributed by atoms with Gasteiger partial charge in [-0.25, -0.2) is 0 Å². The van der Waals surface area contributed by atoms with Crippen LogP contribution in [0.15, 0.2) is 24.3 Å². The minimum atomic E-state index is 0.581. The second-order valence-electron chi connectivity index (χ2n) is 4.37. The molecule has 2 heteroatoms. The molecule has 1 aromatic rings. The monoisotopic (exact) mass is 205 g/mol. The lowest BCUT2D eigenvalue weighted by Gasteiger charge is -2.19. The minimum Gasteiger partial charge on any atom is -0.385 e. The molecule has 2 atom stereocenters. The molecule has 0 spiro atoms. The van der Waals surface area contributed by atoms with Crippen molar-refractivity contribution in [1.29, 1.82) is 0 Å². The molecule has 1 N–H and O–H groups in total. The van der Waals surface area contributed by atoms with E-state index in [0.29, 0.717) is 12.0 Å². The van der Waals surface area contributed by atoms with E-state index in [9.17, 15) is 0 Å². The van der Waals surface area contributed by atoms with E-state index < -0.39 is 0 Å². The van der Waals surface area contributed by atoms with Crippen LogP contribution in [0.5, 0.6) is 0 Å². The number of methoxy groups -OCH3 is 1. The molecule has 0 saturated carbocycles. The molecular weight excluding hydrogens is 186 g/mol. The first kappa shape index (κ1) is 10.5. The van der Waals surface area contributed by atoms with Gasteiger partial charge in [0.1, 0.15) is 0 Å². The highest BCUT2D eigenvalue weighted by Gasteiger charge is 2.24. The van der Waals surface area contributed by atoms with Crippen molar-refractivity contribution in [3.63, 3.8) is 0 Å². The largest absolute Gasteiger partial charge is 0.385 e. The molecule has 2 nitrogen and oxygen atoms in total. The normalized spacial score (nSPS) is 20.8. The number of nitrogens with one attached hydrogen (secondary N) is 1.